The first-order chi connectivity index (χ1) is 11.6. The zero-order valence-electron chi connectivity index (χ0n) is 13.3. The van der Waals surface area contributed by atoms with Crippen molar-refractivity contribution in [3.8, 4) is 5.75 Å². The lowest BCUT2D eigenvalue weighted by molar-refractivity contribution is -0.121. The van der Waals surface area contributed by atoms with Crippen LogP contribution < -0.4 is 10.2 Å². The first kappa shape index (κ1) is 16.5. The van der Waals surface area contributed by atoms with E-state index in [4.69, 9.17) is 17.0 Å². The molecule has 1 aliphatic heterocycles. The van der Waals surface area contributed by atoms with Crippen LogP contribution in [0.25, 0.3) is 6.08 Å². The number of thioether (sulfide) groups is 1. The molecule has 4 nitrogen and oxygen atoms in total. The summed E-state index contributed by atoms with van der Waals surface area (Å²) in [5.74, 6) is 0.630. The Morgan fingerprint density at radius 3 is 2.54 bits per heavy atom. The minimum atomic E-state index is -0.149. The number of nitrogens with one attached hydrogen (secondary N) is 1. The second-order valence-corrected chi connectivity index (χ2v) is 6.89. The van der Waals surface area contributed by atoms with E-state index in [0.717, 1.165) is 22.6 Å². The molecule has 3 rings (SSSR count). The molecule has 0 spiro atoms. The maximum Gasteiger partial charge on any atom is 0.285 e. The van der Waals surface area contributed by atoms with Crippen molar-refractivity contribution >= 4 is 46.0 Å². The van der Waals surface area contributed by atoms with Crippen molar-refractivity contribution in [2.75, 3.05) is 12.5 Å². The predicted molar refractivity (Wildman–Crippen MR) is 103 cm³/mol. The Balaban J connectivity index is 1.80. The van der Waals surface area contributed by atoms with Gasteiger partial charge in [0.1, 0.15) is 5.75 Å². The van der Waals surface area contributed by atoms with Crippen LogP contribution in [-0.4, -0.2) is 22.3 Å². The fraction of sp³-hybridized carbons (Fsp3) is 0.111. The topological polar surface area (TPSA) is 41.6 Å². The normalized spacial score (nSPS) is 15.9. The van der Waals surface area contributed by atoms with E-state index >= 15 is 0 Å². The highest BCUT2D eigenvalue weighted by molar-refractivity contribution is 8.26. The smallest absolute Gasteiger partial charge is 0.285 e. The molecule has 0 radical (unpaired) electrons. The minimum absolute atomic E-state index is 0.149. The van der Waals surface area contributed by atoms with Gasteiger partial charge in [0.15, 0.2) is 4.32 Å². The van der Waals surface area contributed by atoms with Crippen molar-refractivity contribution in [2.24, 2.45) is 0 Å². The number of amides is 1. The van der Waals surface area contributed by atoms with E-state index in [9.17, 15) is 4.79 Å². The third kappa shape index (κ3) is 3.44. The monoisotopic (exact) mass is 356 g/mol. The molecule has 1 aliphatic rings. The number of hydrogen-bond donors (Lipinski definition) is 1. The number of hydrazine groups is 1. The van der Waals surface area contributed by atoms with Gasteiger partial charge in [-0.3, -0.25) is 10.2 Å². The van der Waals surface area contributed by atoms with Crippen LogP contribution in [-0.2, 0) is 4.79 Å². The number of aryl methyl sites for hydroxylation is 1. The molecule has 2 aromatic rings. The summed E-state index contributed by atoms with van der Waals surface area (Å²) in [6, 6.07) is 15.3. The van der Waals surface area contributed by atoms with Crippen LogP contribution in [0.15, 0.2) is 53.4 Å². The number of rotatable bonds is 4. The summed E-state index contributed by atoms with van der Waals surface area (Å²) < 4.78 is 5.63. The predicted octanol–water partition coefficient (Wildman–Crippen LogP) is 4.23. The SMILES string of the molecule is COc1ccc(/C=C2\SC(=S)N(Nc3ccccc3C)C2=O)cc1. The molecule has 0 aliphatic carbocycles. The van der Waals surface area contributed by atoms with E-state index in [-0.39, 0.29) is 5.91 Å². The Labute approximate surface area is 150 Å². The van der Waals surface area contributed by atoms with Crippen LogP contribution in [0.3, 0.4) is 0 Å². The number of hydrogen-bond acceptors (Lipinski definition) is 5. The van der Waals surface area contributed by atoms with Gasteiger partial charge in [0.05, 0.1) is 17.7 Å². The number of methoxy groups -OCH3 is 1. The zero-order valence-corrected chi connectivity index (χ0v) is 14.9. The van der Waals surface area contributed by atoms with Crippen LogP contribution in [0.5, 0.6) is 5.75 Å². The number of carbonyl (C=O) groups excluding carboxylic acids is 1. The van der Waals surface area contributed by atoms with E-state index < -0.39 is 0 Å². The summed E-state index contributed by atoms with van der Waals surface area (Å²) >= 11 is 6.62. The van der Waals surface area contributed by atoms with E-state index in [1.807, 2.05) is 61.5 Å². The van der Waals surface area contributed by atoms with Gasteiger partial charge in [-0.05, 0) is 54.5 Å². The molecular weight excluding hydrogens is 340 g/mol. The van der Waals surface area contributed by atoms with Crippen molar-refractivity contribution < 1.29 is 9.53 Å². The minimum Gasteiger partial charge on any atom is -0.497 e. The Kier molecular flexibility index (Phi) is 4.87. The highest BCUT2D eigenvalue weighted by Gasteiger charge is 2.32. The second-order valence-electron chi connectivity index (χ2n) is 5.22. The first-order valence-electron chi connectivity index (χ1n) is 7.33. The number of nitrogens with zero attached hydrogens (tertiary/aromatic N) is 1. The summed E-state index contributed by atoms with van der Waals surface area (Å²) in [7, 11) is 1.62. The maximum absolute atomic E-state index is 12.6. The van der Waals surface area contributed by atoms with Crippen LogP contribution >= 0.6 is 24.0 Å². The van der Waals surface area contributed by atoms with Crippen LogP contribution in [0.4, 0.5) is 5.69 Å². The quantitative estimate of drug-likeness (QED) is 0.656. The van der Waals surface area contributed by atoms with Crippen molar-refractivity contribution in [1.29, 1.82) is 0 Å². The number of thiocarbonyl (C=S) groups is 1. The van der Waals surface area contributed by atoms with Gasteiger partial charge in [-0.2, -0.15) is 0 Å². The largest absolute Gasteiger partial charge is 0.497 e. The van der Waals surface area contributed by atoms with E-state index in [1.54, 1.807) is 7.11 Å². The molecule has 0 aromatic heterocycles. The average Bonchev–Trinajstić information content (AvgIpc) is 2.85. The molecule has 2 aromatic carbocycles. The van der Waals surface area contributed by atoms with Gasteiger partial charge in [0, 0.05) is 0 Å². The van der Waals surface area contributed by atoms with E-state index in [1.165, 1.54) is 16.8 Å². The average molecular weight is 356 g/mol. The zero-order chi connectivity index (χ0) is 17.1. The number of carbonyl (C=O) groups is 1. The standard InChI is InChI=1S/C18H16N2O2S2/c1-12-5-3-4-6-15(12)19-20-17(21)16(24-18(20)23)11-13-7-9-14(22-2)10-8-13/h3-11,19H,1-2H3/b16-11-. The van der Waals surface area contributed by atoms with Gasteiger partial charge >= 0.3 is 0 Å². The van der Waals surface area contributed by atoms with Gasteiger partial charge < -0.3 is 4.74 Å². The fourth-order valence-electron chi connectivity index (χ4n) is 2.23. The molecular formula is C18H16N2O2S2. The lowest BCUT2D eigenvalue weighted by Gasteiger charge is -2.18. The number of para-hydroxylation sites is 1. The number of ether oxygens (including phenoxy) is 1. The Morgan fingerprint density at radius 1 is 1.17 bits per heavy atom. The van der Waals surface area contributed by atoms with Crippen molar-refractivity contribution in [1.82, 2.24) is 5.01 Å². The summed E-state index contributed by atoms with van der Waals surface area (Å²) in [6.45, 7) is 1.98. The first-order valence-corrected chi connectivity index (χ1v) is 8.55. The summed E-state index contributed by atoms with van der Waals surface area (Å²) in [5.41, 5.74) is 5.93. The summed E-state index contributed by atoms with van der Waals surface area (Å²) in [4.78, 5) is 13.2. The Bertz CT molecular complexity index is 816. The number of benzene rings is 2. The molecule has 1 fully saturated rings. The lowest BCUT2D eigenvalue weighted by Crippen LogP contribution is -2.34. The maximum atomic E-state index is 12.6. The van der Waals surface area contributed by atoms with Crippen LogP contribution in [0.2, 0.25) is 0 Å². The Hall–Kier alpha value is -2.31. The molecule has 1 saturated heterocycles. The lowest BCUT2D eigenvalue weighted by atomic mass is 10.2. The third-order valence-electron chi connectivity index (χ3n) is 3.58. The van der Waals surface area contributed by atoms with Gasteiger partial charge in [-0.15, -0.1) is 0 Å². The molecule has 0 unspecified atom stereocenters. The molecule has 24 heavy (non-hydrogen) atoms. The molecule has 1 heterocycles. The molecule has 0 saturated carbocycles. The fourth-order valence-corrected chi connectivity index (χ4v) is 3.41. The van der Waals surface area contributed by atoms with Crippen LogP contribution in [0, 0.1) is 6.92 Å². The van der Waals surface area contributed by atoms with E-state index in [2.05, 4.69) is 5.43 Å². The Morgan fingerprint density at radius 2 is 1.88 bits per heavy atom. The van der Waals surface area contributed by atoms with Crippen molar-refractivity contribution in [3.05, 3.63) is 64.6 Å². The highest BCUT2D eigenvalue weighted by atomic mass is 32.2. The number of anilines is 1. The molecule has 0 bridgehead atoms. The van der Waals surface area contributed by atoms with Gasteiger partial charge in [0.25, 0.3) is 5.91 Å². The van der Waals surface area contributed by atoms with Gasteiger partial charge in [-0.25, -0.2) is 5.01 Å². The second kappa shape index (κ2) is 7.07. The molecule has 1 N–H and O–H groups in total. The molecule has 122 valence electrons. The summed E-state index contributed by atoms with van der Waals surface area (Å²) in [5, 5.41) is 1.41. The molecule has 6 heteroatoms. The van der Waals surface area contributed by atoms with Crippen LogP contribution in [0.1, 0.15) is 11.1 Å². The third-order valence-corrected chi connectivity index (χ3v) is 4.89. The van der Waals surface area contributed by atoms with E-state index in [0.29, 0.717) is 9.23 Å². The molecule has 1 amide bonds. The highest BCUT2D eigenvalue weighted by Crippen LogP contribution is 2.33. The summed E-state index contributed by atoms with van der Waals surface area (Å²) in [6.07, 6.45) is 1.83. The van der Waals surface area contributed by atoms with Gasteiger partial charge in [0.2, 0.25) is 0 Å². The van der Waals surface area contributed by atoms with Crippen molar-refractivity contribution in [3.63, 3.8) is 0 Å². The molecule has 0 atom stereocenters. The van der Waals surface area contributed by atoms with Gasteiger partial charge in [-0.1, -0.05) is 42.1 Å². The van der Waals surface area contributed by atoms with Crippen molar-refractivity contribution in [2.45, 2.75) is 6.92 Å².